The van der Waals surface area contributed by atoms with Gasteiger partial charge in [-0.1, -0.05) is 30.4 Å². The minimum absolute atomic E-state index is 0.309. The molecular formula is C12H9F3O3S. The molecule has 0 aromatic carbocycles. The number of alkyl halides is 3. The van der Waals surface area contributed by atoms with Gasteiger partial charge in [-0.2, -0.15) is 21.6 Å². The number of hydrogen-bond acceptors (Lipinski definition) is 3. The van der Waals surface area contributed by atoms with Gasteiger partial charge in [-0.25, -0.2) is 0 Å². The van der Waals surface area contributed by atoms with Crippen molar-refractivity contribution in [3.63, 3.8) is 0 Å². The monoisotopic (exact) mass is 290 g/mol. The standard InChI is InChI=1S/C12H9F3O3S/c13-12(14,15)19(16,17)18-11-7-6-9-4-2-1-3-5-10(9)8-11/h1-5,7-8H,6H2. The van der Waals surface area contributed by atoms with Crippen LogP contribution in [0.5, 0.6) is 0 Å². The van der Waals surface area contributed by atoms with Crippen LogP contribution in [-0.2, 0) is 14.3 Å². The summed E-state index contributed by atoms with van der Waals surface area (Å²) >= 11 is 0. The summed E-state index contributed by atoms with van der Waals surface area (Å²) in [5.41, 5.74) is -3.93. The predicted molar refractivity (Wildman–Crippen MR) is 63.2 cm³/mol. The van der Waals surface area contributed by atoms with Gasteiger partial charge >= 0.3 is 15.6 Å². The third kappa shape index (κ3) is 2.98. The first-order valence-corrected chi connectivity index (χ1v) is 6.67. The molecule has 0 bridgehead atoms. The summed E-state index contributed by atoms with van der Waals surface area (Å²) in [5.74, 6) is -0.323. The highest BCUT2D eigenvalue weighted by molar-refractivity contribution is 7.87. The van der Waals surface area contributed by atoms with Crippen molar-refractivity contribution < 1.29 is 25.8 Å². The van der Waals surface area contributed by atoms with E-state index in [1.54, 1.807) is 30.4 Å². The van der Waals surface area contributed by atoms with E-state index in [4.69, 9.17) is 0 Å². The molecule has 0 aliphatic heterocycles. The van der Waals surface area contributed by atoms with Gasteiger partial charge in [0.1, 0.15) is 5.76 Å². The minimum Gasteiger partial charge on any atom is -0.376 e. The van der Waals surface area contributed by atoms with Crippen LogP contribution in [0.15, 0.2) is 59.4 Å². The van der Waals surface area contributed by atoms with Gasteiger partial charge < -0.3 is 4.18 Å². The first kappa shape index (κ1) is 13.7. The van der Waals surface area contributed by atoms with Crippen molar-refractivity contribution in [2.75, 3.05) is 0 Å². The SMILES string of the molecule is O=S(=O)(OC1=CCC2=CC=CC=CC2=C1)C(F)(F)F. The van der Waals surface area contributed by atoms with E-state index in [0.29, 0.717) is 12.0 Å². The van der Waals surface area contributed by atoms with Crippen LogP contribution in [0.2, 0.25) is 0 Å². The topological polar surface area (TPSA) is 43.4 Å². The van der Waals surface area contributed by atoms with E-state index >= 15 is 0 Å². The van der Waals surface area contributed by atoms with Gasteiger partial charge in [0.2, 0.25) is 0 Å². The van der Waals surface area contributed by atoms with E-state index in [-0.39, 0.29) is 5.76 Å². The number of allylic oxidation sites excluding steroid dienone is 9. The van der Waals surface area contributed by atoms with Crippen molar-refractivity contribution in [2.24, 2.45) is 0 Å². The number of halogens is 3. The summed E-state index contributed by atoms with van der Waals surface area (Å²) in [6, 6.07) is 0. The summed E-state index contributed by atoms with van der Waals surface area (Å²) in [6.07, 6.45) is 11.6. The first-order chi connectivity index (χ1) is 8.79. The number of hydrogen-bond donors (Lipinski definition) is 0. The second-order valence-electron chi connectivity index (χ2n) is 3.83. The molecule has 19 heavy (non-hydrogen) atoms. The lowest BCUT2D eigenvalue weighted by molar-refractivity contribution is -0.0520. The molecule has 0 unspecified atom stereocenters. The molecular weight excluding hydrogens is 281 g/mol. The Morgan fingerprint density at radius 2 is 1.89 bits per heavy atom. The Labute approximate surface area is 108 Å². The first-order valence-electron chi connectivity index (χ1n) is 5.26. The lowest BCUT2D eigenvalue weighted by Crippen LogP contribution is -2.25. The molecule has 2 rings (SSSR count). The van der Waals surface area contributed by atoms with Gasteiger partial charge in [0, 0.05) is 0 Å². The average Bonchev–Trinajstić information content (AvgIpc) is 2.51. The van der Waals surface area contributed by atoms with Gasteiger partial charge in [-0.15, -0.1) is 0 Å². The van der Waals surface area contributed by atoms with Crippen LogP contribution in [0, 0.1) is 0 Å². The Balaban J connectivity index is 2.25. The molecule has 7 heteroatoms. The predicted octanol–water partition coefficient (Wildman–Crippen LogP) is 3.12. The van der Waals surface area contributed by atoms with E-state index in [0.717, 1.165) is 5.57 Å². The largest absolute Gasteiger partial charge is 0.534 e. The molecule has 0 radical (unpaired) electrons. The summed E-state index contributed by atoms with van der Waals surface area (Å²) in [6.45, 7) is 0. The molecule has 0 saturated heterocycles. The highest BCUT2D eigenvalue weighted by atomic mass is 32.2. The highest BCUT2D eigenvalue weighted by Gasteiger charge is 2.48. The maximum atomic E-state index is 12.2. The van der Waals surface area contributed by atoms with Crippen LogP contribution in [0.3, 0.4) is 0 Å². The summed E-state index contributed by atoms with van der Waals surface area (Å²) in [7, 11) is -5.62. The van der Waals surface area contributed by atoms with Gasteiger partial charge in [0.15, 0.2) is 0 Å². The third-order valence-corrected chi connectivity index (χ3v) is 3.46. The van der Waals surface area contributed by atoms with E-state index < -0.39 is 15.6 Å². The normalized spacial score (nSPS) is 19.0. The van der Waals surface area contributed by atoms with Crippen LogP contribution in [0.25, 0.3) is 0 Å². The molecule has 0 amide bonds. The minimum atomic E-state index is -5.62. The van der Waals surface area contributed by atoms with Crippen LogP contribution < -0.4 is 0 Å². The molecule has 102 valence electrons. The molecule has 0 spiro atoms. The van der Waals surface area contributed by atoms with Crippen LogP contribution in [-0.4, -0.2) is 13.9 Å². The lowest BCUT2D eigenvalue weighted by atomic mass is 9.97. The molecule has 3 nitrogen and oxygen atoms in total. The smallest absolute Gasteiger partial charge is 0.376 e. The van der Waals surface area contributed by atoms with Crippen molar-refractivity contribution >= 4 is 10.1 Å². The lowest BCUT2D eigenvalue weighted by Gasteiger charge is -2.15. The Morgan fingerprint density at radius 1 is 1.16 bits per heavy atom. The van der Waals surface area contributed by atoms with Crippen LogP contribution in [0.4, 0.5) is 13.2 Å². The fraction of sp³-hybridized carbons (Fsp3) is 0.167. The van der Waals surface area contributed by atoms with Gasteiger partial charge in [0.05, 0.1) is 0 Å². The molecule has 0 atom stereocenters. The van der Waals surface area contributed by atoms with Gasteiger partial charge in [-0.05, 0) is 29.7 Å². The third-order valence-electron chi connectivity index (χ3n) is 2.48. The fourth-order valence-electron chi connectivity index (χ4n) is 1.58. The molecule has 0 N–H and O–H groups in total. The van der Waals surface area contributed by atoms with Crippen LogP contribution in [0.1, 0.15) is 6.42 Å². The quantitative estimate of drug-likeness (QED) is 0.579. The van der Waals surface area contributed by atoms with Crippen LogP contribution >= 0.6 is 0 Å². The van der Waals surface area contributed by atoms with Crippen molar-refractivity contribution in [3.8, 4) is 0 Å². The fourth-order valence-corrected chi connectivity index (χ4v) is 2.04. The molecule has 0 aromatic rings. The van der Waals surface area contributed by atoms with Crippen molar-refractivity contribution in [1.82, 2.24) is 0 Å². The van der Waals surface area contributed by atoms with E-state index in [1.807, 2.05) is 0 Å². The Kier molecular flexibility index (Phi) is 3.40. The maximum Gasteiger partial charge on any atom is 0.534 e. The number of fused-ring (bicyclic) bond motifs is 1. The van der Waals surface area contributed by atoms with E-state index in [2.05, 4.69) is 4.18 Å². The second kappa shape index (κ2) is 4.73. The Hall–Kier alpha value is -1.76. The zero-order valence-corrected chi connectivity index (χ0v) is 10.3. The zero-order valence-electron chi connectivity index (χ0n) is 9.52. The average molecular weight is 290 g/mol. The maximum absolute atomic E-state index is 12.2. The Bertz CT molecular complexity index is 632. The van der Waals surface area contributed by atoms with Gasteiger partial charge in [-0.3, -0.25) is 0 Å². The van der Waals surface area contributed by atoms with Crippen molar-refractivity contribution in [2.45, 2.75) is 11.9 Å². The summed E-state index contributed by atoms with van der Waals surface area (Å²) in [5, 5.41) is 0. The molecule has 2 aliphatic carbocycles. The molecule has 0 heterocycles. The molecule has 2 aliphatic rings. The summed E-state index contributed by atoms with van der Waals surface area (Å²) < 4.78 is 62.4. The zero-order chi connectivity index (χ0) is 14.1. The molecule has 0 fully saturated rings. The van der Waals surface area contributed by atoms with E-state index in [9.17, 15) is 21.6 Å². The second-order valence-corrected chi connectivity index (χ2v) is 5.37. The van der Waals surface area contributed by atoms with Gasteiger partial charge in [0.25, 0.3) is 0 Å². The van der Waals surface area contributed by atoms with Crippen molar-refractivity contribution in [3.05, 3.63) is 59.4 Å². The highest BCUT2D eigenvalue weighted by Crippen LogP contribution is 2.31. The molecule has 0 aromatic heterocycles. The summed E-state index contributed by atoms with van der Waals surface area (Å²) in [4.78, 5) is 0. The van der Waals surface area contributed by atoms with E-state index in [1.165, 1.54) is 12.2 Å². The Morgan fingerprint density at radius 3 is 2.58 bits per heavy atom. The molecule has 0 saturated carbocycles. The number of rotatable bonds is 2. The van der Waals surface area contributed by atoms with Crippen molar-refractivity contribution in [1.29, 1.82) is 0 Å².